The maximum atomic E-state index is 3.98. The Morgan fingerprint density at radius 3 is 2.53 bits per heavy atom. The number of benzene rings is 1. The van der Waals surface area contributed by atoms with Gasteiger partial charge in [0.2, 0.25) is 0 Å². The first-order chi connectivity index (χ1) is 7.22. The van der Waals surface area contributed by atoms with Crippen LogP contribution < -0.4 is 4.72 Å². The van der Waals surface area contributed by atoms with Crippen molar-refractivity contribution >= 4 is 18.2 Å². The molecule has 0 aliphatic rings. The van der Waals surface area contributed by atoms with Crippen molar-refractivity contribution < 1.29 is 0 Å². The summed E-state index contributed by atoms with van der Waals surface area (Å²) in [5.41, 5.74) is 2.49. The molecule has 0 aliphatic carbocycles. The zero-order chi connectivity index (χ0) is 11.1. The van der Waals surface area contributed by atoms with Crippen LogP contribution in [0.25, 0.3) is 0 Å². The van der Waals surface area contributed by atoms with E-state index in [9.17, 15) is 0 Å². The minimum atomic E-state index is 0.529. The average Bonchev–Trinajstić information content (AvgIpc) is 2.20. The van der Waals surface area contributed by atoms with Crippen LogP contribution in [0, 0.1) is 0 Å². The molecular formula is C12H18N2S. The molecule has 0 saturated heterocycles. The Bertz CT molecular complexity index is 304. The zero-order valence-electron chi connectivity index (χ0n) is 9.53. The van der Waals surface area contributed by atoms with Crippen LogP contribution in [0.15, 0.2) is 29.3 Å². The van der Waals surface area contributed by atoms with Crippen molar-refractivity contribution in [1.29, 1.82) is 0 Å². The summed E-state index contributed by atoms with van der Waals surface area (Å²) in [6, 6.07) is 9.01. The molecule has 0 heterocycles. The summed E-state index contributed by atoms with van der Waals surface area (Å²) >= 11 is 1.75. The molecule has 0 atom stereocenters. The Kier molecular flexibility index (Phi) is 5.43. The van der Waals surface area contributed by atoms with E-state index in [0.29, 0.717) is 6.04 Å². The van der Waals surface area contributed by atoms with E-state index in [1.54, 1.807) is 19.0 Å². The summed E-state index contributed by atoms with van der Waals surface area (Å²) in [5, 5.41) is 0. The van der Waals surface area contributed by atoms with Crippen LogP contribution in [-0.4, -0.2) is 19.3 Å². The van der Waals surface area contributed by atoms with E-state index in [1.807, 2.05) is 6.21 Å². The molecule has 1 rings (SSSR count). The second kappa shape index (κ2) is 6.64. The first-order valence-electron chi connectivity index (χ1n) is 5.11. The second-order valence-corrected chi connectivity index (χ2v) is 4.50. The van der Waals surface area contributed by atoms with Crippen molar-refractivity contribution in [2.24, 2.45) is 4.99 Å². The van der Waals surface area contributed by atoms with E-state index >= 15 is 0 Å². The van der Waals surface area contributed by atoms with Crippen LogP contribution in [0.4, 0.5) is 0 Å². The van der Waals surface area contributed by atoms with E-state index in [0.717, 1.165) is 11.3 Å². The van der Waals surface area contributed by atoms with Crippen molar-refractivity contribution in [3.8, 4) is 0 Å². The lowest BCUT2D eigenvalue weighted by Gasteiger charge is -2.06. The standard InChI is InChI=1S/C12H18N2S/c1-10(2)14-15-9-12-6-4-11(5-7-12)8-13-3/h4-8,10,14H,9H2,1-3H3. The summed E-state index contributed by atoms with van der Waals surface area (Å²) in [6.07, 6.45) is 1.86. The second-order valence-electron chi connectivity index (χ2n) is 3.69. The Hall–Kier alpha value is -0.800. The van der Waals surface area contributed by atoms with Gasteiger partial charge in [0.05, 0.1) is 0 Å². The molecule has 0 unspecified atom stereocenters. The summed E-state index contributed by atoms with van der Waals surface area (Å²) in [5.74, 6) is 1.00. The SMILES string of the molecule is CN=Cc1ccc(CSNC(C)C)cc1. The first kappa shape index (κ1) is 12.3. The lowest BCUT2D eigenvalue weighted by molar-refractivity contribution is 0.770. The van der Waals surface area contributed by atoms with E-state index in [1.165, 1.54) is 5.56 Å². The summed E-state index contributed by atoms with van der Waals surface area (Å²) in [7, 11) is 1.79. The topological polar surface area (TPSA) is 24.4 Å². The monoisotopic (exact) mass is 222 g/mol. The molecular weight excluding hydrogens is 204 g/mol. The van der Waals surface area contributed by atoms with Gasteiger partial charge in [0, 0.05) is 25.1 Å². The predicted octanol–water partition coefficient (Wildman–Crippen LogP) is 2.88. The first-order valence-corrected chi connectivity index (χ1v) is 6.09. The minimum Gasteiger partial charge on any atom is -0.296 e. The van der Waals surface area contributed by atoms with Gasteiger partial charge >= 0.3 is 0 Å². The summed E-state index contributed by atoms with van der Waals surface area (Å²) in [4.78, 5) is 3.98. The summed E-state index contributed by atoms with van der Waals surface area (Å²) < 4.78 is 3.32. The van der Waals surface area contributed by atoms with Gasteiger partial charge in [0.15, 0.2) is 0 Å². The van der Waals surface area contributed by atoms with Crippen molar-refractivity contribution in [2.45, 2.75) is 25.6 Å². The molecule has 0 fully saturated rings. The van der Waals surface area contributed by atoms with Gasteiger partial charge in [-0.1, -0.05) is 36.2 Å². The van der Waals surface area contributed by atoms with Gasteiger partial charge in [-0.25, -0.2) is 0 Å². The van der Waals surface area contributed by atoms with Gasteiger partial charge in [0.25, 0.3) is 0 Å². The van der Waals surface area contributed by atoms with Crippen LogP contribution in [0.3, 0.4) is 0 Å². The normalized spacial score (nSPS) is 11.5. The smallest absolute Gasteiger partial charge is 0.0330 e. The van der Waals surface area contributed by atoms with E-state index in [-0.39, 0.29) is 0 Å². The number of hydrogen-bond donors (Lipinski definition) is 1. The molecule has 1 aromatic carbocycles. The van der Waals surface area contributed by atoms with Gasteiger partial charge in [-0.05, 0) is 25.0 Å². The van der Waals surface area contributed by atoms with Gasteiger partial charge in [-0.15, -0.1) is 0 Å². The van der Waals surface area contributed by atoms with Crippen LogP contribution >= 0.6 is 11.9 Å². The molecule has 0 spiro atoms. The third-order valence-corrected chi connectivity index (χ3v) is 2.93. The molecule has 2 nitrogen and oxygen atoms in total. The number of nitrogens with one attached hydrogen (secondary N) is 1. The average molecular weight is 222 g/mol. The predicted molar refractivity (Wildman–Crippen MR) is 69.5 cm³/mol. The molecule has 1 N–H and O–H groups in total. The molecule has 0 amide bonds. The van der Waals surface area contributed by atoms with E-state index in [2.05, 4.69) is 47.8 Å². The fourth-order valence-electron chi connectivity index (χ4n) is 1.14. The highest BCUT2D eigenvalue weighted by molar-refractivity contribution is 7.96. The van der Waals surface area contributed by atoms with Crippen LogP contribution in [0.5, 0.6) is 0 Å². The Morgan fingerprint density at radius 2 is 2.00 bits per heavy atom. The number of rotatable bonds is 5. The lowest BCUT2D eigenvalue weighted by atomic mass is 10.2. The third-order valence-electron chi connectivity index (χ3n) is 1.82. The highest BCUT2D eigenvalue weighted by Crippen LogP contribution is 2.10. The highest BCUT2D eigenvalue weighted by atomic mass is 32.2. The fraction of sp³-hybridized carbons (Fsp3) is 0.417. The minimum absolute atomic E-state index is 0.529. The fourth-order valence-corrected chi connectivity index (χ4v) is 1.92. The maximum Gasteiger partial charge on any atom is 0.0330 e. The maximum absolute atomic E-state index is 3.98. The molecule has 82 valence electrons. The molecule has 0 saturated carbocycles. The largest absolute Gasteiger partial charge is 0.296 e. The van der Waals surface area contributed by atoms with Crippen molar-refractivity contribution in [3.63, 3.8) is 0 Å². The molecule has 0 bridgehead atoms. The molecule has 0 radical (unpaired) electrons. The van der Waals surface area contributed by atoms with E-state index < -0.39 is 0 Å². The third kappa shape index (κ3) is 5.00. The number of nitrogens with zero attached hydrogens (tertiary/aromatic N) is 1. The number of aliphatic imine (C=N–C) groups is 1. The van der Waals surface area contributed by atoms with Gasteiger partial charge in [0.1, 0.15) is 0 Å². The number of hydrogen-bond acceptors (Lipinski definition) is 3. The van der Waals surface area contributed by atoms with Crippen molar-refractivity contribution in [2.75, 3.05) is 7.05 Å². The van der Waals surface area contributed by atoms with E-state index in [4.69, 9.17) is 0 Å². The van der Waals surface area contributed by atoms with Crippen molar-refractivity contribution in [3.05, 3.63) is 35.4 Å². The van der Waals surface area contributed by atoms with Crippen LogP contribution in [0.1, 0.15) is 25.0 Å². The Morgan fingerprint density at radius 1 is 1.33 bits per heavy atom. The zero-order valence-corrected chi connectivity index (χ0v) is 10.3. The lowest BCUT2D eigenvalue weighted by Crippen LogP contribution is -2.14. The molecule has 1 aromatic rings. The Balaban J connectivity index is 2.42. The molecule has 3 heteroatoms. The highest BCUT2D eigenvalue weighted by Gasteiger charge is 1.95. The molecule has 15 heavy (non-hydrogen) atoms. The molecule has 0 aromatic heterocycles. The van der Waals surface area contributed by atoms with Crippen LogP contribution in [-0.2, 0) is 5.75 Å². The van der Waals surface area contributed by atoms with Crippen molar-refractivity contribution in [1.82, 2.24) is 4.72 Å². The molecule has 0 aliphatic heterocycles. The van der Waals surface area contributed by atoms with Crippen LogP contribution in [0.2, 0.25) is 0 Å². The Labute approximate surface area is 96.3 Å². The van der Waals surface area contributed by atoms with Gasteiger partial charge in [-0.2, -0.15) is 0 Å². The van der Waals surface area contributed by atoms with Gasteiger partial charge < -0.3 is 0 Å². The summed E-state index contributed by atoms with van der Waals surface area (Å²) in [6.45, 7) is 4.29. The quantitative estimate of drug-likeness (QED) is 0.612. The van der Waals surface area contributed by atoms with Gasteiger partial charge in [-0.3, -0.25) is 9.71 Å².